The molecule has 190 valence electrons. The fraction of sp³-hybridized carbons (Fsp3) is 0.462. The number of aromatic nitrogens is 3. The van der Waals surface area contributed by atoms with Crippen LogP contribution in [0.15, 0.2) is 47.6 Å². The number of halogens is 1. The maximum absolute atomic E-state index is 12.6. The van der Waals surface area contributed by atoms with Gasteiger partial charge in [-0.05, 0) is 43.5 Å². The van der Waals surface area contributed by atoms with Gasteiger partial charge in [0.25, 0.3) is 0 Å². The van der Waals surface area contributed by atoms with Crippen molar-refractivity contribution in [2.45, 2.75) is 76.8 Å². The lowest BCUT2D eigenvalue weighted by Gasteiger charge is -2.14. The number of hydrogen-bond donors (Lipinski definition) is 1. The van der Waals surface area contributed by atoms with Crippen LogP contribution in [0.25, 0.3) is 5.69 Å². The van der Waals surface area contributed by atoms with Crippen LogP contribution in [0.3, 0.4) is 0 Å². The number of sulfonamides is 1. The summed E-state index contributed by atoms with van der Waals surface area (Å²) in [5, 5.41) is 10.0. The largest absolute Gasteiger partial charge is 0.273 e. The minimum atomic E-state index is -3.40. The number of aryl methyl sites for hydroxylation is 2. The van der Waals surface area contributed by atoms with E-state index in [-0.39, 0.29) is 12.3 Å². The predicted octanol–water partition coefficient (Wildman–Crippen LogP) is 6.61. The number of rotatable bonds is 14. The highest BCUT2D eigenvalue weighted by atomic mass is 35.5. The lowest BCUT2D eigenvalue weighted by atomic mass is 10.1. The zero-order chi connectivity index (χ0) is 25.3. The van der Waals surface area contributed by atoms with Gasteiger partial charge < -0.3 is 0 Å². The molecule has 1 aromatic heterocycles. The molecular formula is C26H35ClN4O2S2. The van der Waals surface area contributed by atoms with E-state index in [2.05, 4.69) is 47.0 Å². The van der Waals surface area contributed by atoms with Gasteiger partial charge in [0.2, 0.25) is 10.0 Å². The molecule has 0 saturated heterocycles. The third-order valence-electron chi connectivity index (χ3n) is 5.78. The van der Waals surface area contributed by atoms with Gasteiger partial charge in [-0.15, -0.1) is 10.2 Å². The first-order valence-corrected chi connectivity index (χ1v) is 15.2. The maximum atomic E-state index is 12.6. The topological polar surface area (TPSA) is 76.9 Å². The van der Waals surface area contributed by atoms with E-state index in [0.717, 1.165) is 36.3 Å². The fourth-order valence-corrected chi connectivity index (χ4v) is 5.99. The van der Waals surface area contributed by atoms with Crippen molar-refractivity contribution in [3.63, 3.8) is 0 Å². The first kappa shape index (κ1) is 27.7. The zero-order valence-corrected chi connectivity index (χ0v) is 23.1. The van der Waals surface area contributed by atoms with Crippen molar-refractivity contribution < 1.29 is 8.42 Å². The van der Waals surface area contributed by atoms with Crippen molar-refractivity contribution in [1.29, 1.82) is 0 Å². The van der Waals surface area contributed by atoms with Crippen molar-refractivity contribution in [3.8, 4) is 5.69 Å². The Bertz CT molecular complexity index is 1210. The molecule has 0 bridgehead atoms. The monoisotopic (exact) mass is 534 g/mol. The Morgan fingerprint density at radius 2 is 1.77 bits per heavy atom. The van der Waals surface area contributed by atoms with Crippen LogP contribution in [-0.4, -0.2) is 28.9 Å². The number of unbranched alkanes of at least 4 members (excludes halogenated alkanes) is 5. The number of thioether (sulfide) groups is 1. The van der Waals surface area contributed by atoms with Crippen LogP contribution in [0.2, 0.25) is 5.02 Å². The van der Waals surface area contributed by atoms with Gasteiger partial charge in [-0.3, -0.25) is 4.57 Å². The molecule has 2 aromatic carbocycles. The zero-order valence-electron chi connectivity index (χ0n) is 20.8. The van der Waals surface area contributed by atoms with Crippen LogP contribution in [0.5, 0.6) is 0 Å². The Morgan fingerprint density at radius 3 is 2.54 bits per heavy atom. The molecule has 1 N–H and O–H groups in total. The Hall–Kier alpha value is -1.87. The average Bonchev–Trinajstić information content (AvgIpc) is 3.23. The summed E-state index contributed by atoms with van der Waals surface area (Å²) in [4.78, 5) is 0. The molecule has 0 aliphatic heterocycles. The molecule has 0 spiro atoms. The lowest BCUT2D eigenvalue weighted by molar-refractivity contribution is 0.568. The van der Waals surface area contributed by atoms with Gasteiger partial charge in [-0.1, -0.05) is 98.3 Å². The summed E-state index contributed by atoms with van der Waals surface area (Å²) < 4.78 is 29.9. The summed E-state index contributed by atoms with van der Waals surface area (Å²) in [5.74, 6) is 1.38. The Balaban J connectivity index is 1.75. The molecule has 6 nitrogen and oxygen atoms in total. The van der Waals surface area contributed by atoms with Crippen molar-refractivity contribution in [1.82, 2.24) is 19.5 Å². The molecule has 0 aliphatic rings. The van der Waals surface area contributed by atoms with E-state index < -0.39 is 10.0 Å². The molecular weight excluding hydrogens is 500 g/mol. The summed E-state index contributed by atoms with van der Waals surface area (Å²) in [6.07, 6.45) is 6.21. The highest BCUT2D eigenvalue weighted by Crippen LogP contribution is 2.28. The van der Waals surface area contributed by atoms with Crippen LogP contribution in [0.4, 0.5) is 0 Å². The van der Waals surface area contributed by atoms with Gasteiger partial charge in [-0.25, -0.2) is 13.1 Å². The summed E-state index contributed by atoms with van der Waals surface area (Å²) in [6, 6.07) is 14.0. The SMILES string of the molecule is CCCCCCCCS(=O)(=O)NCc1nnc(SCc2cccc(C)c2)n1-c1cc(Cl)ccc1C. The molecule has 9 heteroatoms. The van der Waals surface area contributed by atoms with Crippen molar-refractivity contribution in [2.24, 2.45) is 0 Å². The van der Waals surface area contributed by atoms with E-state index in [1.165, 1.54) is 24.0 Å². The number of benzene rings is 2. The highest BCUT2D eigenvalue weighted by molar-refractivity contribution is 7.98. The molecule has 0 saturated carbocycles. The second-order valence-electron chi connectivity index (χ2n) is 8.85. The summed E-state index contributed by atoms with van der Waals surface area (Å²) in [7, 11) is -3.40. The van der Waals surface area contributed by atoms with E-state index in [1.807, 2.05) is 35.8 Å². The van der Waals surface area contributed by atoms with E-state index >= 15 is 0 Å². The Labute approximate surface area is 218 Å². The number of nitrogens with zero attached hydrogens (tertiary/aromatic N) is 3. The standard InChI is InChI=1S/C26H35ClN4O2S2/c1-4-5-6-7-8-9-15-35(32,33)28-18-25-29-30-26(34-19-22-12-10-11-20(2)16-22)31(25)24-17-23(27)14-13-21(24)3/h10-14,16-17,28H,4-9,15,18-19H2,1-3H3. The molecule has 0 aliphatic carbocycles. The van der Waals surface area contributed by atoms with Gasteiger partial charge in [-0.2, -0.15) is 0 Å². The van der Waals surface area contributed by atoms with Crippen LogP contribution < -0.4 is 4.72 Å². The maximum Gasteiger partial charge on any atom is 0.212 e. The fourth-order valence-electron chi connectivity index (χ4n) is 3.84. The molecule has 0 fully saturated rings. The third kappa shape index (κ3) is 8.63. The lowest BCUT2D eigenvalue weighted by Crippen LogP contribution is -2.27. The van der Waals surface area contributed by atoms with E-state index in [4.69, 9.17) is 11.6 Å². The first-order chi connectivity index (χ1) is 16.8. The highest BCUT2D eigenvalue weighted by Gasteiger charge is 2.19. The number of nitrogens with one attached hydrogen (secondary N) is 1. The van der Waals surface area contributed by atoms with Gasteiger partial charge >= 0.3 is 0 Å². The summed E-state index contributed by atoms with van der Waals surface area (Å²) in [6.45, 7) is 6.31. The van der Waals surface area contributed by atoms with Crippen molar-refractivity contribution in [2.75, 3.05) is 5.75 Å². The smallest absolute Gasteiger partial charge is 0.212 e. The molecule has 3 rings (SSSR count). The predicted molar refractivity (Wildman–Crippen MR) is 146 cm³/mol. The van der Waals surface area contributed by atoms with Gasteiger partial charge in [0.1, 0.15) is 0 Å². The van der Waals surface area contributed by atoms with E-state index in [1.54, 1.807) is 11.8 Å². The normalized spacial score (nSPS) is 11.8. The average molecular weight is 535 g/mol. The molecule has 3 aromatic rings. The molecule has 0 unspecified atom stereocenters. The quantitative estimate of drug-likeness (QED) is 0.186. The second kappa shape index (κ2) is 13.4. The van der Waals surface area contributed by atoms with Crippen LogP contribution in [-0.2, 0) is 22.3 Å². The molecule has 35 heavy (non-hydrogen) atoms. The van der Waals surface area contributed by atoms with Crippen molar-refractivity contribution >= 4 is 33.4 Å². The van der Waals surface area contributed by atoms with Gasteiger partial charge in [0.05, 0.1) is 18.0 Å². The summed E-state index contributed by atoms with van der Waals surface area (Å²) >= 11 is 7.87. The minimum absolute atomic E-state index is 0.0716. The number of hydrogen-bond acceptors (Lipinski definition) is 5. The van der Waals surface area contributed by atoms with Gasteiger partial charge in [0, 0.05) is 10.8 Å². The third-order valence-corrected chi connectivity index (χ3v) is 8.43. The molecule has 0 amide bonds. The Kier molecular flexibility index (Phi) is 10.6. The minimum Gasteiger partial charge on any atom is -0.273 e. The Morgan fingerprint density at radius 1 is 1.00 bits per heavy atom. The van der Waals surface area contributed by atoms with E-state index in [0.29, 0.717) is 22.4 Å². The van der Waals surface area contributed by atoms with Gasteiger partial charge in [0.15, 0.2) is 11.0 Å². The first-order valence-electron chi connectivity index (χ1n) is 12.2. The second-order valence-corrected chi connectivity index (χ2v) is 12.2. The molecule has 1 heterocycles. The van der Waals surface area contributed by atoms with E-state index in [9.17, 15) is 8.42 Å². The van der Waals surface area contributed by atoms with Crippen LogP contribution >= 0.6 is 23.4 Å². The summed E-state index contributed by atoms with van der Waals surface area (Å²) in [5.41, 5.74) is 4.24. The van der Waals surface area contributed by atoms with Crippen molar-refractivity contribution in [3.05, 3.63) is 70.0 Å². The van der Waals surface area contributed by atoms with Crippen LogP contribution in [0, 0.1) is 13.8 Å². The molecule has 0 atom stereocenters. The molecule has 0 radical (unpaired) electrons. The van der Waals surface area contributed by atoms with Crippen LogP contribution in [0.1, 0.15) is 68.0 Å².